The second kappa shape index (κ2) is 8.00. The van der Waals surface area contributed by atoms with Crippen LogP contribution in [-0.4, -0.2) is 12.7 Å². The fourth-order valence-electron chi connectivity index (χ4n) is 3.77. The van der Waals surface area contributed by atoms with E-state index >= 15 is 0 Å². The van der Waals surface area contributed by atoms with E-state index in [9.17, 15) is 8.42 Å². The largest absolute Gasteiger partial charge is 0.399 e. The number of fused-ring (bicyclic) bond motifs is 1. The van der Waals surface area contributed by atoms with Gasteiger partial charge in [-0.05, 0) is 78.1 Å². The van der Waals surface area contributed by atoms with Crippen LogP contribution in [0.5, 0.6) is 0 Å². The molecular weight excluding hydrogens is 427 g/mol. The number of halogens is 2. The summed E-state index contributed by atoms with van der Waals surface area (Å²) in [7, 11) is -3.75. The lowest BCUT2D eigenvalue weighted by atomic mass is 10.1. The topological polar surface area (TPSA) is 63.4 Å². The van der Waals surface area contributed by atoms with E-state index in [1.165, 1.54) is 0 Å². The van der Waals surface area contributed by atoms with Crippen LogP contribution in [0.15, 0.2) is 71.6 Å². The molecular formula is C22H20Cl2N2O2S. The van der Waals surface area contributed by atoms with Crippen LogP contribution in [0.4, 0.5) is 5.69 Å². The van der Waals surface area contributed by atoms with Crippen LogP contribution in [0, 0.1) is 0 Å². The molecule has 4 nitrogen and oxygen atoms in total. The van der Waals surface area contributed by atoms with Crippen molar-refractivity contribution in [2.75, 3.05) is 5.73 Å². The molecule has 29 heavy (non-hydrogen) atoms. The molecule has 1 aliphatic rings. The lowest BCUT2D eigenvalue weighted by molar-refractivity contribution is 0.316. The van der Waals surface area contributed by atoms with Gasteiger partial charge >= 0.3 is 0 Å². The first-order valence-corrected chi connectivity index (χ1v) is 11.4. The van der Waals surface area contributed by atoms with Crippen molar-refractivity contribution >= 4 is 38.9 Å². The van der Waals surface area contributed by atoms with Crippen molar-refractivity contribution in [1.29, 1.82) is 0 Å². The van der Waals surface area contributed by atoms with Gasteiger partial charge in [-0.2, -0.15) is 4.31 Å². The molecule has 0 aliphatic heterocycles. The van der Waals surface area contributed by atoms with Gasteiger partial charge < -0.3 is 5.73 Å². The SMILES string of the molecule is Nc1ccc(CN(C2CCc3cc(Cl)ccc32)S(=O)(=O)c2ccc(Cl)cc2)cc1. The predicted octanol–water partition coefficient (Wildman–Crippen LogP) is 5.45. The molecule has 0 heterocycles. The molecule has 0 bridgehead atoms. The maximum atomic E-state index is 13.6. The smallest absolute Gasteiger partial charge is 0.243 e. The third kappa shape index (κ3) is 4.14. The van der Waals surface area contributed by atoms with Crippen LogP contribution in [0.1, 0.15) is 29.2 Å². The van der Waals surface area contributed by atoms with E-state index < -0.39 is 10.0 Å². The minimum absolute atomic E-state index is 0.222. The van der Waals surface area contributed by atoms with Crippen molar-refractivity contribution in [3.8, 4) is 0 Å². The molecule has 7 heteroatoms. The summed E-state index contributed by atoms with van der Waals surface area (Å²) in [4.78, 5) is 0.222. The van der Waals surface area contributed by atoms with E-state index in [4.69, 9.17) is 28.9 Å². The van der Waals surface area contributed by atoms with Gasteiger partial charge in [0.2, 0.25) is 10.0 Å². The highest BCUT2D eigenvalue weighted by atomic mass is 35.5. The van der Waals surface area contributed by atoms with Gasteiger partial charge in [0.05, 0.1) is 10.9 Å². The zero-order valence-corrected chi connectivity index (χ0v) is 17.9. The molecule has 2 N–H and O–H groups in total. The maximum Gasteiger partial charge on any atom is 0.243 e. The molecule has 0 radical (unpaired) electrons. The summed E-state index contributed by atoms with van der Waals surface area (Å²) in [5, 5.41) is 1.16. The zero-order valence-electron chi connectivity index (χ0n) is 15.6. The third-order valence-corrected chi connectivity index (χ3v) is 7.59. The number of nitrogen functional groups attached to an aromatic ring is 1. The number of nitrogens with two attached hydrogens (primary N) is 1. The van der Waals surface area contributed by atoms with Gasteiger partial charge in [-0.15, -0.1) is 0 Å². The van der Waals surface area contributed by atoms with Gasteiger partial charge in [0, 0.05) is 22.3 Å². The van der Waals surface area contributed by atoms with Gasteiger partial charge in [0.25, 0.3) is 0 Å². The number of sulfonamides is 1. The molecule has 1 unspecified atom stereocenters. The Labute approximate surface area is 180 Å². The van der Waals surface area contributed by atoms with E-state index in [2.05, 4.69) is 0 Å². The quantitative estimate of drug-likeness (QED) is 0.529. The molecule has 0 fully saturated rings. The van der Waals surface area contributed by atoms with Crippen molar-refractivity contribution < 1.29 is 8.42 Å². The van der Waals surface area contributed by atoms with Crippen LogP contribution in [-0.2, 0) is 23.0 Å². The summed E-state index contributed by atoms with van der Waals surface area (Å²) in [6, 6.07) is 19.0. The van der Waals surface area contributed by atoms with Crippen molar-refractivity contribution in [1.82, 2.24) is 4.31 Å². The van der Waals surface area contributed by atoms with Crippen LogP contribution in [0.2, 0.25) is 10.0 Å². The average Bonchev–Trinajstić information content (AvgIpc) is 3.10. The molecule has 1 aliphatic carbocycles. The van der Waals surface area contributed by atoms with Crippen LogP contribution < -0.4 is 5.73 Å². The third-order valence-electron chi connectivity index (χ3n) is 5.24. The van der Waals surface area contributed by atoms with Gasteiger partial charge in [-0.1, -0.05) is 41.4 Å². The first kappa shape index (κ1) is 20.2. The summed E-state index contributed by atoms with van der Waals surface area (Å²) >= 11 is 12.1. The second-order valence-corrected chi connectivity index (χ2v) is 9.91. The highest BCUT2D eigenvalue weighted by Crippen LogP contribution is 2.40. The van der Waals surface area contributed by atoms with Crippen molar-refractivity contribution in [2.24, 2.45) is 0 Å². The Morgan fingerprint density at radius 3 is 2.28 bits per heavy atom. The minimum Gasteiger partial charge on any atom is -0.399 e. The first-order valence-electron chi connectivity index (χ1n) is 9.25. The van der Waals surface area contributed by atoms with E-state index in [0.29, 0.717) is 22.2 Å². The van der Waals surface area contributed by atoms with Crippen LogP contribution in [0.25, 0.3) is 0 Å². The molecule has 1 atom stereocenters. The minimum atomic E-state index is -3.75. The summed E-state index contributed by atoms with van der Waals surface area (Å²) in [6.45, 7) is 0.248. The Balaban J connectivity index is 1.78. The molecule has 0 saturated heterocycles. The lowest BCUT2D eigenvalue weighted by Gasteiger charge is -2.29. The summed E-state index contributed by atoms with van der Waals surface area (Å²) in [5.41, 5.74) is 9.40. The molecule has 3 aromatic carbocycles. The van der Waals surface area contributed by atoms with Crippen molar-refractivity contribution in [3.63, 3.8) is 0 Å². The maximum absolute atomic E-state index is 13.6. The van der Waals surface area contributed by atoms with Gasteiger partial charge in [0.1, 0.15) is 0 Å². The molecule has 3 aromatic rings. The Hall–Kier alpha value is -2.05. The summed E-state index contributed by atoms with van der Waals surface area (Å²) in [5.74, 6) is 0. The molecule has 150 valence electrons. The van der Waals surface area contributed by atoms with Crippen LogP contribution in [0.3, 0.4) is 0 Å². The number of hydrogen-bond acceptors (Lipinski definition) is 3. The van der Waals surface area contributed by atoms with Gasteiger partial charge in [-0.25, -0.2) is 8.42 Å². The molecule has 0 saturated carbocycles. The molecule has 4 rings (SSSR count). The number of anilines is 1. The van der Waals surface area contributed by atoms with E-state index in [0.717, 1.165) is 23.1 Å². The Bertz CT molecular complexity index is 1130. The molecule has 0 amide bonds. The standard InChI is InChI=1S/C22H20Cl2N2O2S/c23-17-4-9-20(10-5-17)29(27,28)26(14-15-1-7-19(25)8-2-15)22-12-3-16-13-18(24)6-11-21(16)22/h1-2,4-11,13,22H,3,12,14,25H2. The van der Waals surface area contributed by atoms with E-state index in [1.54, 1.807) is 40.7 Å². The summed E-state index contributed by atoms with van der Waals surface area (Å²) in [6.07, 6.45) is 1.49. The Kier molecular flexibility index (Phi) is 5.58. The average molecular weight is 447 g/mol. The number of aryl methyl sites for hydroxylation is 1. The van der Waals surface area contributed by atoms with Crippen molar-refractivity contribution in [3.05, 3.63) is 93.5 Å². The summed E-state index contributed by atoms with van der Waals surface area (Å²) < 4.78 is 28.8. The number of benzene rings is 3. The lowest BCUT2D eigenvalue weighted by Crippen LogP contribution is -2.33. The fourth-order valence-corrected chi connectivity index (χ4v) is 5.71. The number of hydrogen-bond donors (Lipinski definition) is 1. The van der Waals surface area contributed by atoms with Crippen LogP contribution >= 0.6 is 23.2 Å². The van der Waals surface area contributed by atoms with E-state index in [-0.39, 0.29) is 17.5 Å². The highest BCUT2D eigenvalue weighted by molar-refractivity contribution is 7.89. The molecule has 0 spiro atoms. The molecule has 0 aromatic heterocycles. The van der Waals surface area contributed by atoms with Gasteiger partial charge in [-0.3, -0.25) is 0 Å². The second-order valence-electron chi connectivity index (χ2n) is 7.14. The Morgan fingerprint density at radius 1 is 0.931 bits per heavy atom. The van der Waals surface area contributed by atoms with Gasteiger partial charge in [0.15, 0.2) is 0 Å². The normalized spacial score (nSPS) is 16.2. The first-order chi connectivity index (χ1) is 13.8. The van der Waals surface area contributed by atoms with E-state index in [1.807, 2.05) is 30.3 Å². The zero-order chi connectivity index (χ0) is 20.6. The number of rotatable bonds is 5. The van der Waals surface area contributed by atoms with Crippen molar-refractivity contribution in [2.45, 2.75) is 30.3 Å². The predicted molar refractivity (Wildman–Crippen MR) is 118 cm³/mol. The Morgan fingerprint density at radius 2 is 1.59 bits per heavy atom. The highest BCUT2D eigenvalue weighted by Gasteiger charge is 2.36. The monoisotopic (exact) mass is 446 g/mol. The fraction of sp³-hybridized carbons (Fsp3) is 0.182. The number of nitrogens with zero attached hydrogens (tertiary/aromatic N) is 1.